The molecule has 1 aliphatic heterocycles. The summed E-state index contributed by atoms with van der Waals surface area (Å²) in [4.78, 5) is 7.69. The number of quaternary nitrogens is 1. The molecule has 0 unspecified atom stereocenters. The molecule has 1 atom stereocenters. The van der Waals surface area contributed by atoms with Gasteiger partial charge >= 0.3 is 0 Å². The molecule has 0 bridgehead atoms. The second kappa shape index (κ2) is 6.94. The van der Waals surface area contributed by atoms with Gasteiger partial charge in [-0.15, -0.1) is 5.10 Å². The number of nitrogens with zero attached hydrogens (tertiary/aromatic N) is 3. The molecule has 1 aliphatic rings. The molecular formula is C18H22ClN4OS+. The number of rotatable bonds is 4. The molecule has 132 valence electrons. The lowest BCUT2D eigenvalue weighted by Crippen LogP contribution is -3.13. The second-order valence-corrected chi connectivity index (χ2v) is 8.02. The van der Waals surface area contributed by atoms with Crippen molar-refractivity contribution in [2.75, 3.05) is 13.1 Å². The van der Waals surface area contributed by atoms with E-state index in [9.17, 15) is 5.11 Å². The SMILES string of the molecule is CCc1nc2sc([C@@H](c3cccc(Cl)c3)[NH+]3CCCCC3)c(O)n2n1. The second-order valence-electron chi connectivity index (χ2n) is 6.57. The number of likely N-dealkylation sites (tertiary alicyclic amines) is 1. The van der Waals surface area contributed by atoms with Crippen LogP contribution in [0.3, 0.4) is 0 Å². The first-order valence-electron chi connectivity index (χ1n) is 8.84. The van der Waals surface area contributed by atoms with Crippen molar-refractivity contribution >= 4 is 27.9 Å². The number of hydrogen-bond acceptors (Lipinski definition) is 4. The summed E-state index contributed by atoms with van der Waals surface area (Å²) in [6.07, 6.45) is 4.48. The zero-order chi connectivity index (χ0) is 17.4. The van der Waals surface area contributed by atoms with Crippen LogP contribution in [-0.4, -0.2) is 32.8 Å². The molecule has 0 saturated carbocycles. The van der Waals surface area contributed by atoms with Gasteiger partial charge in [-0.1, -0.05) is 42.0 Å². The van der Waals surface area contributed by atoms with Crippen molar-refractivity contribution in [3.63, 3.8) is 0 Å². The molecule has 25 heavy (non-hydrogen) atoms. The predicted molar refractivity (Wildman–Crippen MR) is 99.7 cm³/mol. The Kier molecular flexibility index (Phi) is 4.67. The summed E-state index contributed by atoms with van der Waals surface area (Å²) >= 11 is 7.79. The maximum atomic E-state index is 10.9. The molecule has 2 N–H and O–H groups in total. The van der Waals surface area contributed by atoms with Gasteiger partial charge in [0.1, 0.15) is 4.88 Å². The van der Waals surface area contributed by atoms with E-state index in [1.54, 1.807) is 4.52 Å². The summed E-state index contributed by atoms with van der Waals surface area (Å²) in [5.74, 6) is 0.980. The molecule has 2 aromatic heterocycles. The molecule has 1 aromatic carbocycles. The number of hydrogen-bond donors (Lipinski definition) is 2. The zero-order valence-electron chi connectivity index (χ0n) is 14.2. The fourth-order valence-corrected chi connectivity index (χ4v) is 5.04. The molecule has 5 nitrogen and oxygen atoms in total. The van der Waals surface area contributed by atoms with Crippen LogP contribution in [-0.2, 0) is 6.42 Å². The Hall–Kier alpha value is -1.63. The highest BCUT2D eigenvalue weighted by Crippen LogP contribution is 2.35. The fourth-order valence-electron chi connectivity index (χ4n) is 3.68. The van der Waals surface area contributed by atoms with Gasteiger partial charge in [0.05, 0.1) is 13.1 Å². The summed E-state index contributed by atoms with van der Waals surface area (Å²) in [6.45, 7) is 4.22. The van der Waals surface area contributed by atoms with Gasteiger partial charge < -0.3 is 10.0 Å². The van der Waals surface area contributed by atoms with Crippen LogP contribution in [0.1, 0.15) is 48.5 Å². The van der Waals surface area contributed by atoms with Gasteiger partial charge in [-0.3, -0.25) is 0 Å². The number of nitrogens with one attached hydrogen (secondary N) is 1. The Labute approximate surface area is 155 Å². The van der Waals surface area contributed by atoms with Crippen molar-refractivity contribution in [3.8, 4) is 5.88 Å². The lowest BCUT2D eigenvalue weighted by Gasteiger charge is -2.31. The van der Waals surface area contributed by atoms with Gasteiger partial charge in [0.2, 0.25) is 10.8 Å². The molecule has 0 spiro atoms. The van der Waals surface area contributed by atoms with Crippen molar-refractivity contribution in [1.82, 2.24) is 14.6 Å². The molecule has 0 aliphatic carbocycles. The zero-order valence-corrected chi connectivity index (χ0v) is 15.8. The maximum absolute atomic E-state index is 10.9. The maximum Gasteiger partial charge on any atom is 0.235 e. The molecule has 3 aromatic rings. The van der Waals surface area contributed by atoms with Crippen LogP contribution < -0.4 is 4.90 Å². The van der Waals surface area contributed by atoms with E-state index in [1.165, 1.54) is 35.5 Å². The van der Waals surface area contributed by atoms with E-state index < -0.39 is 0 Å². The van der Waals surface area contributed by atoms with Crippen LogP contribution in [0.15, 0.2) is 24.3 Å². The molecule has 1 fully saturated rings. The van der Waals surface area contributed by atoms with Crippen molar-refractivity contribution in [1.29, 1.82) is 0 Å². The van der Waals surface area contributed by atoms with Gasteiger partial charge in [-0.25, -0.2) is 4.98 Å². The van der Waals surface area contributed by atoms with Gasteiger partial charge in [-0.2, -0.15) is 4.52 Å². The monoisotopic (exact) mass is 377 g/mol. The van der Waals surface area contributed by atoms with E-state index in [0.29, 0.717) is 0 Å². The normalized spacial score (nSPS) is 17.2. The van der Waals surface area contributed by atoms with E-state index in [2.05, 4.69) is 16.1 Å². The number of halogens is 1. The summed E-state index contributed by atoms with van der Waals surface area (Å²) in [5.41, 5.74) is 1.14. The summed E-state index contributed by atoms with van der Waals surface area (Å²) in [7, 11) is 0. The van der Waals surface area contributed by atoms with Gasteiger partial charge in [-0.05, 0) is 31.4 Å². The molecule has 0 radical (unpaired) electrons. The third kappa shape index (κ3) is 3.14. The van der Waals surface area contributed by atoms with E-state index in [1.807, 2.05) is 25.1 Å². The van der Waals surface area contributed by atoms with Crippen LogP contribution in [0.25, 0.3) is 4.96 Å². The van der Waals surface area contributed by atoms with Crippen molar-refractivity contribution in [2.24, 2.45) is 0 Å². The van der Waals surface area contributed by atoms with E-state index >= 15 is 0 Å². The Bertz CT molecular complexity index is 884. The summed E-state index contributed by atoms with van der Waals surface area (Å²) in [5, 5.41) is 16.0. The highest BCUT2D eigenvalue weighted by molar-refractivity contribution is 7.17. The molecule has 1 saturated heterocycles. The average molecular weight is 378 g/mol. The van der Waals surface area contributed by atoms with Crippen molar-refractivity contribution < 1.29 is 10.0 Å². The highest BCUT2D eigenvalue weighted by Gasteiger charge is 2.33. The van der Waals surface area contributed by atoms with Crippen molar-refractivity contribution in [3.05, 3.63) is 45.6 Å². The van der Waals surface area contributed by atoms with E-state index in [4.69, 9.17) is 11.6 Å². The first kappa shape index (κ1) is 16.8. The molecule has 3 heterocycles. The van der Waals surface area contributed by atoms with Gasteiger partial charge in [0.25, 0.3) is 0 Å². The minimum absolute atomic E-state index is 0.0672. The third-order valence-electron chi connectivity index (χ3n) is 4.91. The van der Waals surface area contributed by atoms with Gasteiger partial charge in [0, 0.05) is 17.0 Å². The van der Waals surface area contributed by atoms with E-state index in [-0.39, 0.29) is 11.9 Å². The fraction of sp³-hybridized carbons (Fsp3) is 0.444. The lowest BCUT2D eigenvalue weighted by atomic mass is 10.0. The number of fused-ring (bicyclic) bond motifs is 1. The number of thiazole rings is 1. The number of aromatic hydroxyl groups is 1. The Morgan fingerprint density at radius 3 is 2.80 bits per heavy atom. The Morgan fingerprint density at radius 1 is 1.32 bits per heavy atom. The quantitative estimate of drug-likeness (QED) is 0.735. The predicted octanol–water partition coefficient (Wildman–Crippen LogP) is 2.87. The van der Waals surface area contributed by atoms with Crippen LogP contribution in [0, 0.1) is 0 Å². The number of piperidine rings is 1. The lowest BCUT2D eigenvalue weighted by molar-refractivity contribution is -0.929. The topological polar surface area (TPSA) is 54.9 Å². The van der Waals surface area contributed by atoms with Crippen LogP contribution >= 0.6 is 22.9 Å². The molecule has 0 amide bonds. The highest BCUT2D eigenvalue weighted by atomic mass is 35.5. The molecule has 7 heteroatoms. The standard InChI is InChI=1S/C18H21ClN4OS/c1-2-14-20-18-23(21-14)17(24)16(25-18)15(22-9-4-3-5-10-22)12-7-6-8-13(19)11-12/h6-8,11,15,24H,2-5,9-10H2,1H3/p+1/t15-/m1/s1. The Morgan fingerprint density at radius 2 is 2.12 bits per heavy atom. The van der Waals surface area contributed by atoms with Crippen LogP contribution in [0.5, 0.6) is 5.88 Å². The third-order valence-corrected chi connectivity index (χ3v) is 6.23. The summed E-state index contributed by atoms with van der Waals surface area (Å²) < 4.78 is 1.58. The molecular weight excluding hydrogens is 356 g/mol. The first-order valence-corrected chi connectivity index (χ1v) is 10.0. The average Bonchev–Trinajstić information content (AvgIpc) is 3.16. The van der Waals surface area contributed by atoms with Crippen LogP contribution in [0.2, 0.25) is 5.02 Å². The van der Waals surface area contributed by atoms with Gasteiger partial charge in [0.15, 0.2) is 11.9 Å². The smallest absolute Gasteiger partial charge is 0.235 e. The number of aromatic nitrogens is 3. The Balaban J connectivity index is 1.82. The number of aryl methyl sites for hydroxylation is 1. The summed E-state index contributed by atoms with van der Waals surface area (Å²) in [6, 6.07) is 8.06. The minimum atomic E-state index is 0.0672. The minimum Gasteiger partial charge on any atom is -0.492 e. The molecule has 4 rings (SSSR count). The number of benzene rings is 1. The van der Waals surface area contributed by atoms with Crippen LogP contribution in [0.4, 0.5) is 0 Å². The van der Waals surface area contributed by atoms with Crippen molar-refractivity contribution in [2.45, 2.75) is 38.6 Å². The largest absolute Gasteiger partial charge is 0.492 e. The van der Waals surface area contributed by atoms with E-state index in [0.717, 1.165) is 45.8 Å². The first-order chi connectivity index (χ1) is 12.2.